The summed E-state index contributed by atoms with van der Waals surface area (Å²) in [4.78, 5) is 10.3. The summed E-state index contributed by atoms with van der Waals surface area (Å²) in [5.74, 6) is -0.675. The fraction of sp³-hybridized carbons (Fsp3) is 0.611. The summed E-state index contributed by atoms with van der Waals surface area (Å²) in [5, 5.41) is 8.50. The zero-order valence-electron chi connectivity index (χ0n) is 12.9. The Bertz CT molecular complexity index is 301. The number of hydrogen-bond donors (Lipinski definition) is 1. The Labute approximate surface area is 124 Å². The van der Waals surface area contributed by atoms with E-state index in [0.717, 1.165) is 38.5 Å². The predicted molar refractivity (Wildman–Crippen MR) is 86.9 cm³/mol. The molecule has 0 aliphatic rings. The second-order valence-corrected chi connectivity index (χ2v) is 5.05. The van der Waals surface area contributed by atoms with Crippen LogP contribution >= 0.6 is 0 Å². The monoisotopic (exact) mass is 278 g/mol. The Morgan fingerprint density at radius 3 is 2.30 bits per heavy atom. The van der Waals surface area contributed by atoms with E-state index in [1.807, 2.05) is 0 Å². The molecule has 0 unspecified atom stereocenters. The SMILES string of the molecule is CCCC=CC=CCC=CCCCCCCCC(=O)O. The number of carbonyl (C=O) groups is 1. The molecule has 1 N–H and O–H groups in total. The molecule has 20 heavy (non-hydrogen) atoms. The van der Waals surface area contributed by atoms with Crippen molar-refractivity contribution in [1.29, 1.82) is 0 Å². The van der Waals surface area contributed by atoms with E-state index in [9.17, 15) is 4.79 Å². The summed E-state index contributed by atoms with van der Waals surface area (Å²) in [5.41, 5.74) is 0. The number of unbranched alkanes of at least 4 members (excludes halogenated alkanes) is 6. The summed E-state index contributed by atoms with van der Waals surface area (Å²) in [7, 11) is 0. The van der Waals surface area contributed by atoms with Crippen LogP contribution < -0.4 is 0 Å². The molecule has 0 aliphatic carbocycles. The van der Waals surface area contributed by atoms with E-state index in [1.165, 1.54) is 19.3 Å². The van der Waals surface area contributed by atoms with Gasteiger partial charge in [-0.1, -0.05) is 69.1 Å². The molecule has 0 aromatic heterocycles. The molecule has 0 bridgehead atoms. The number of aliphatic carboxylic acids is 1. The maximum atomic E-state index is 10.3. The van der Waals surface area contributed by atoms with Gasteiger partial charge in [0.25, 0.3) is 0 Å². The third-order valence-corrected chi connectivity index (χ3v) is 3.04. The molecule has 0 aromatic carbocycles. The predicted octanol–water partition coefficient (Wildman–Crippen LogP) is 5.66. The van der Waals surface area contributed by atoms with Crippen molar-refractivity contribution in [2.75, 3.05) is 0 Å². The molecule has 0 spiro atoms. The van der Waals surface area contributed by atoms with Crippen LogP contribution in [-0.4, -0.2) is 11.1 Å². The molecular formula is C18H30O2. The zero-order valence-corrected chi connectivity index (χ0v) is 12.9. The van der Waals surface area contributed by atoms with Crippen molar-refractivity contribution in [3.05, 3.63) is 36.5 Å². The van der Waals surface area contributed by atoms with Gasteiger partial charge < -0.3 is 5.11 Å². The van der Waals surface area contributed by atoms with Crippen molar-refractivity contribution in [3.63, 3.8) is 0 Å². The van der Waals surface area contributed by atoms with Crippen LogP contribution in [0.1, 0.15) is 71.1 Å². The molecule has 0 fully saturated rings. The largest absolute Gasteiger partial charge is 0.481 e. The number of rotatable bonds is 13. The Morgan fingerprint density at radius 1 is 0.850 bits per heavy atom. The molecule has 0 heterocycles. The second kappa shape index (κ2) is 15.7. The van der Waals surface area contributed by atoms with Crippen LogP contribution in [0.3, 0.4) is 0 Å². The maximum absolute atomic E-state index is 10.3. The van der Waals surface area contributed by atoms with Gasteiger partial charge in [0.05, 0.1) is 0 Å². The Morgan fingerprint density at radius 2 is 1.55 bits per heavy atom. The van der Waals surface area contributed by atoms with Gasteiger partial charge in [-0.2, -0.15) is 0 Å². The highest BCUT2D eigenvalue weighted by Crippen LogP contribution is 2.07. The van der Waals surface area contributed by atoms with Gasteiger partial charge >= 0.3 is 5.97 Å². The minimum Gasteiger partial charge on any atom is -0.481 e. The summed E-state index contributed by atoms with van der Waals surface area (Å²) in [6, 6.07) is 0. The molecule has 2 heteroatoms. The van der Waals surface area contributed by atoms with E-state index in [1.54, 1.807) is 0 Å². The third-order valence-electron chi connectivity index (χ3n) is 3.04. The summed E-state index contributed by atoms with van der Waals surface area (Å²) >= 11 is 0. The molecular weight excluding hydrogens is 248 g/mol. The van der Waals surface area contributed by atoms with Crippen molar-refractivity contribution in [1.82, 2.24) is 0 Å². The zero-order chi connectivity index (χ0) is 14.9. The van der Waals surface area contributed by atoms with Gasteiger partial charge in [-0.15, -0.1) is 0 Å². The number of hydrogen-bond acceptors (Lipinski definition) is 1. The quantitative estimate of drug-likeness (QED) is 0.268. The first-order valence-electron chi connectivity index (χ1n) is 7.95. The van der Waals surface area contributed by atoms with Gasteiger partial charge in [-0.05, 0) is 32.1 Å². The van der Waals surface area contributed by atoms with Gasteiger partial charge in [-0.3, -0.25) is 4.79 Å². The summed E-state index contributed by atoms with van der Waals surface area (Å²) in [6.07, 6.45) is 23.3. The first-order chi connectivity index (χ1) is 9.77. The molecule has 0 atom stereocenters. The lowest BCUT2D eigenvalue weighted by molar-refractivity contribution is -0.137. The Balaban J connectivity index is 3.25. The molecule has 0 aromatic rings. The van der Waals surface area contributed by atoms with Gasteiger partial charge in [-0.25, -0.2) is 0 Å². The smallest absolute Gasteiger partial charge is 0.303 e. The molecule has 0 rings (SSSR count). The van der Waals surface area contributed by atoms with Crippen LogP contribution in [0.15, 0.2) is 36.5 Å². The second-order valence-electron chi connectivity index (χ2n) is 5.05. The maximum Gasteiger partial charge on any atom is 0.303 e. The van der Waals surface area contributed by atoms with Gasteiger partial charge in [0.1, 0.15) is 0 Å². The van der Waals surface area contributed by atoms with Crippen LogP contribution in [0.2, 0.25) is 0 Å². The Kier molecular flexibility index (Phi) is 14.7. The van der Waals surface area contributed by atoms with Crippen molar-refractivity contribution >= 4 is 5.97 Å². The number of carboxylic acid groups (broad SMARTS) is 1. The Hall–Kier alpha value is -1.31. The molecule has 0 radical (unpaired) electrons. The van der Waals surface area contributed by atoms with Crippen molar-refractivity contribution in [2.24, 2.45) is 0 Å². The first-order valence-corrected chi connectivity index (χ1v) is 7.95. The lowest BCUT2D eigenvalue weighted by atomic mass is 10.1. The molecule has 0 amide bonds. The molecule has 0 saturated carbocycles. The van der Waals surface area contributed by atoms with E-state index in [-0.39, 0.29) is 0 Å². The van der Waals surface area contributed by atoms with E-state index in [4.69, 9.17) is 5.11 Å². The minimum atomic E-state index is -0.675. The van der Waals surface area contributed by atoms with Crippen molar-refractivity contribution < 1.29 is 9.90 Å². The van der Waals surface area contributed by atoms with Crippen LogP contribution in [0.5, 0.6) is 0 Å². The van der Waals surface area contributed by atoms with Crippen LogP contribution in [0, 0.1) is 0 Å². The highest BCUT2D eigenvalue weighted by molar-refractivity contribution is 5.66. The molecule has 0 saturated heterocycles. The fourth-order valence-electron chi connectivity index (χ4n) is 1.86. The summed E-state index contributed by atoms with van der Waals surface area (Å²) < 4.78 is 0. The third kappa shape index (κ3) is 16.7. The molecule has 0 aliphatic heterocycles. The van der Waals surface area contributed by atoms with Crippen molar-refractivity contribution in [2.45, 2.75) is 71.1 Å². The highest BCUT2D eigenvalue weighted by Gasteiger charge is 1.95. The van der Waals surface area contributed by atoms with Crippen LogP contribution in [0.4, 0.5) is 0 Å². The first kappa shape index (κ1) is 18.7. The highest BCUT2D eigenvalue weighted by atomic mass is 16.4. The van der Waals surface area contributed by atoms with E-state index < -0.39 is 5.97 Å². The molecule has 114 valence electrons. The normalized spacial score (nSPS) is 12.1. The topological polar surface area (TPSA) is 37.3 Å². The lowest BCUT2D eigenvalue weighted by Gasteiger charge is -1.98. The van der Waals surface area contributed by atoms with Crippen LogP contribution in [-0.2, 0) is 4.79 Å². The average Bonchev–Trinajstić information content (AvgIpc) is 2.43. The number of allylic oxidation sites excluding steroid dienone is 6. The van der Waals surface area contributed by atoms with Gasteiger partial charge in [0, 0.05) is 6.42 Å². The van der Waals surface area contributed by atoms with Crippen LogP contribution in [0.25, 0.3) is 0 Å². The fourth-order valence-corrected chi connectivity index (χ4v) is 1.86. The van der Waals surface area contributed by atoms with Gasteiger partial charge in [0.15, 0.2) is 0 Å². The van der Waals surface area contributed by atoms with Gasteiger partial charge in [0.2, 0.25) is 0 Å². The van der Waals surface area contributed by atoms with Crippen molar-refractivity contribution in [3.8, 4) is 0 Å². The van der Waals surface area contributed by atoms with E-state index in [0.29, 0.717) is 6.42 Å². The minimum absolute atomic E-state index is 0.318. The van der Waals surface area contributed by atoms with E-state index >= 15 is 0 Å². The average molecular weight is 278 g/mol. The number of carboxylic acids is 1. The molecule has 2 nitrogen and oxygen atoms in total. The standard InChI is InChI=1S/C18H30O2/c1-2-3-4-5-6-7-8-9-10-11-12-13-14-15-16-17-18(19)20/h4-7,9-10H,2-3,8,11-17H2,1H3,(H,19,20). The summed E-state index contributed by atoms with van der Waals surface area (Å²) in [6.45, 7) is 2.18. The van der Waals surface area contributed by atoms with E-state index in [2.05, 4.69) is 43.4 Å². The lowest BCUT2D eigenvalue weighted by Crippen LogP contribution is -1.93.